The van der Waals surface area contributed by atoms with E-state index >= 15 is 0 Å². The largest absolute Gasteiger partial charge is 0.496 e. The molecule has 1 fully saturated rings. The van der Waals surface area contributed by atoms with Crippen LogP contribution in [0.4, 0.5) is 0 Å². The zero-order chi connectivity index (χ0) is 16.2. The fraction of sp³-hybridized carbons (Fsp3) is 0.600. The molecule has 0 atom stereocenters. The van der Waals surface area contributed by atoms with E-state index < -0.39 is 10.0 Å². The van der Waals surface area contributed by atoms with Crippen molar-refractivity contribution >= 4 is 10.0 Å². The second-order valence-corrected chi connectivity index (χ2v) is 7.05. The molecule has 1 aromatic carbocycles. The molecule has 22 heavy (non-hydrogen) atoms. The number of rotatable bonds is 5. The third-order valence-corrected chi connectivity index (χ3v) is 5.80. The molecule has 1 saturated heterocycles. The highest BCUT2D eigenvalue weighted by Crippen LogP contribution is 2.39. The lowest BCUT2D eigenvalue weighted by atomic mass is 10.2. The lowest BCUT2D eigenvalue weighted by molar-refractivity contribution is 0.353. The minimum atomic E-state index is -3.67. The molecule has 0 unspecified atom stereocenters. The molecule has 0 N–H and O–H groups in total. The van der Waals surface area contributed by atoms with Crippen molar-refractivity contribution < 1.29 is 22.6 Å². The number of sulfonamides is 1. The van der Waals surface area contributed by atoms with Crippen LogP contribution in [0.25, 0.3) is 0 Å². The maximum absolute atomic E-state index is 13.0. The molecule has 124 valence electrons. The summed E-state index contributed by atoms with van der Waals surface area (Å²) in [6.45, 7) is 1.06. The van der Waals surface area contributed by atoms with Gasteiger partial charge in [0.15, 0.2) is 4.90 Å². The molecule has 0 aliphatic carbocycles. The van der Waals surface area contributed by atoms with Crippen molar-refractivity contribution in [2.75, 3.05) is 34.4 Å². The van der Waals surface area contributed by atoms with Gasteiger partial charge in [-0.15, -0.1) is 0 Å². The van der Waals surface area contributed by atoms with Crippen LogP contribution in [-0.4, -0.2) is 47.1 Å². The third kappa shape index (κ3) is 3.30. The molecule has 0 radical (unpaired) electrons. The van der Waals surface area contributed by atoms with Gasteiger partial charge in [0.05, 0.1) is 21.3 Å². The first-order chi connectivity index (χ1) is 10.5. The van der Waals surface area contributed by atoms with Gasteiger partial charge in [0.25, 0.3) is 0 Å². The Balaban J connectivity index is 2.53. The maximum atomic E-state index is 13.0. The van der Waals surface area contributed by atoms with Crippen LogP contribution in [0.15, 0.2) is 17.0 Å². The van der Waals surface area contributed by atoms with E-state index in [4.69, 9.17) is 14.2 Å². The first-order valence-electron chi connectivity index (χ1n) is 7.34. The van der Waals surface area contributed by atoms with Crippen LogP contribution in [0, 0.1) is 0 Å². The Kier molecular flexibility index (Phi) is 5.52. The minimum Gasteiger partial charge on any atom is -0.496 e. The normalized spacial score (nSPS) is 16.9. The van der Waals surface area contributed by atoms with Gasteiger partial charge >= 0.3 is 0 Å². The summed E-state index contributed by atoms with van der Waals surface area (Å²) in [6, 6.07) is 3.13. The van der Waals surface area contributed by atoms with Crippen molar-refractivity contribution in [3.63, 3.8) is 0 Å². The average Bonchev–Trinajstić information content (AvgIpc) is 2.83. The van der Waals surface area contributed by atoms with Gasteiger partial charge in [-0.1, -0.05) is 12.8 Å². The SMILES string of the molecule is COc1cc(OC)c(S(=O)(=O)N2CCCCCC2)c(OC)c1. The molecule has 1 aliphatic heterocycles. The second-order valence-electron chi connectivity index (χ2n) is 5.18. The summed E-state index contributed by atoms with van der Waals surface area (Å²) in [7, 11) is 0.723. The molecule has 0 saturated carbocycles. The van der Waals surface area contributed by atoms with Crippen molar-refractivity contribution in [2.45, 2.75) is 30.6 Å². The first kappa shape index (κ1) is 16.9. The van der Waals surface area contributed by atoms with E-state index in [1.165, 1.54) is 25.6 Å². The van der Waals surface area contributed by atoms with E-state index in [1.54, 1.807) is 12.1 Å². The van der Waals surface area contributed by atoms with E-state index in [0.29, 0.717) is 18.8 Å². The third-order valence-electron chi connectivity index (χ3n) is 3.83. The van der Waals surface area contributed by atoms with Gasteiger partial charge in [-0.3, -0.25) is 0 Å². The number of nitrogens with zero attached hydrogens (tertiary/aromatic N) is 1. The summed E-state index contributed by atoms with van der Waals surface area (Å²) in [4.78, 5) is 0.0696. The summed E-state index contributed by atoms with van der Waals surface area (Å²) >= 11 is 0. The molecule has 6 nitrogen and oxygen atoms in total. The quantitative estimate of drug-likeness (QED) is 0.829. The zero-order valence-electron chi connectivity index (χ0n) is 13.3. The molecule has 1 aliphatic rings. The predicted octanol–water partition coefficient (Wildman–Crippen LogP) is 2.28. The molecular weight excluding hydrogens is 306 g/mol. The van der Waals surface area contributed by atoms with Crippen LogP contribution in [0.3, 0.4) is 0 Å². The second kappa shape index (κ2) is 7.19. The maximum Gasteiger partial charge on any atom is 0.250 e. The van der Waals surface area contributed by atoms with Gasteiger partial charge < -0.3 is 14.2 Å². The van der Waals surface area contributed by atoms with Gasteiger partial charge in [0.2, 0.25) is 10.0 Å². The van der Waals surface area contributed by atoms with Gasteiger partial charge in [-0.25, -0.2) is 8.42 Å². The van der Waals surface area contributed by atoms with Gasteiger partial charge in [-0.05, 0) is 12.8 Å². The van der Waals surface area contributed by atoms with Gasteiger partial charge in [-0.2, -0.15) is 4.31 Å². The van der Waals surface area contributed by atoms with Crippen LogP contribution in [-0.2, 0) is 10.0 Å². The zero-order valence-corrected chi connectivity index (χ0v) is 14.1. The van der Waals surface area contributed by atoms with Gasteiger partial charge in [0.1, 0.15) is 17.2 Å². The topological polar surface area (TPSA) is 65.1 Å². The van der Waals surface area contributed by atoms with Crippen LogP contribution in [0.5, 0.6) is 17.2 Å². The van der Waals surface area contributed by atoms with E-state index in [0.717, 1.165) is 25.7 Å². The van der Waals surface area contributed by atoms with Crippen LogP contribution in [0.2, 0.25) is 0 Å². The fourth-order valence-electron chi connectivity index (χ4n) is 2.64. The number of methoxy groups -OCH3 is 3. The van der Waals surface area contributed by atoms with E-state index in [1.807, 2.05) is 0 Å². The Morgan fingerprint density at radius 2 is 1.36 bits per heavy atom. The Morgan fingerprint density at radius 3 is 1.77 bits per heavy atom. The Hall–Kier alpha value is -1.47. The molecule has 7 heteroatoms. The highest BCUT2D eigenvalue weighted by molar-refractivity contribution is 7.89. The van der Waals surface area contributed by atoms with E-state index in [9.17, 15) is 8.42 Å². The monoisotopic (exact) mass is 329 g/mol. The molecule has 1 aromatic rings. The molecule has 1 heterocycles. The van der Waals surface area contributed by atoms with Crippen molar-refractivity contribution in [1.29, 1.82) is 0 Å². The molecule has 0 spiro atoms. The lowest BCUT2D eigenvalue weighted by Crippen LogP contribution is -2.32. The molecule has 0 aromatic heterocycles. The summed E-state index contributed by atoms with van der Waals surface area (Å²) in [5.41, 5.74) is 0. The van der Waals surface area contributed by atoms with Crippen LogP contribution < -0.4 is 14.2 Å². The predicted molar refractivity (Wildman–Crippen MR) is 83.3 cm³/mol. The smallest absolute Gasteiger partial charge is 0.250 e. The number of hydrogen-bond acceptors (Lipinski definition) is 5. The van der Waals surface area contributed by atoms with E-state index in [2.05, 4.69) is 0 Å². The summed E-state index contributed by atoms with van der Waals surface area (Å²) in [5.74, 6) is 0.962. The Bertz CT molecular complexity index is 581. The molecular formula is C15H23NO5S. The Morgan fingerprint density at radius 1 is 0.864 bits per heavy atom. The summed E-state index contributed by atoms with van der Waals surface area (Å²) in [5, 5.41) is 0. The molecule has 0 bridgehead atoms. The van der Waals surface area contributed by atoms with Gasteiger partial charge in [0, 0.05) is 25.2 Å². The molecule has 2 rings (SSSR count). The summed E-state index contributed by atoms with van der Waals surface area (Å²) in [6.07, 6.45) is 3.87. The highest BCUT2D eigenvalue weighted by Gasteiger charge is 2.32. The highest BCUT2D eigenvalue weighted by atomic mass is 32.2. The molecule has 0 amide bonds. The van der Waals surface area contributed by atoms with Crippen LogP contribution >= 0.6 is 0 Å². The van der Waals surface area contributed by atoms with E-state index in [-0.39, 0.29) is 16.4 Å². The number of hydrogen-bond donors (Lipinski definition) is 0. The van der Waals surface area contributed by atoms with Crippen molar-refractivity contribution in [3.8, 4) is 17.2 Å². The fourth-order valence-corrected chi connectivity index (χ4v) is 4.43. The van der Waals surface area contributed by atoms with Crippen molar-refractivity contribution in [1.82, 2.24) is 4.31 Å². The number of ether oxygens (including phenoxy) is 3. The lowest BCUT2D eigenvalue weighted by Gasteiger charge is -2.23. The number of benzene rings is 1. The average molecular weight is 329 g/mol. The minimum absolute atomic E-state index is 0.0696. The first-order valence-corrected chi connectivity index (χ1v) is 8.78. The van der Waals surface area contributed by atoms with Crippen molar-refractivity contribution in [2.24, 2.45) is 0 Å². The standard InChI is InChI=1S/C15H23NO5S/c1-19-12-10-13(20-2)15(14(11-12)21-3)22(17,18)16-8-6-4-5-7-9-16/h10-11H,4-9H2,1-3H3. The van der Waals surface area contributed by atoms with Crippen molar-refractivity contribution in [3.05, 3.63) is 12.1 Å². The van der Waals surface area contributed by atoms with Crippen LogP contribution in [0.1, 0.15) is 25.7 Å². The summed E-state index contributed by atoms with van der Waals surface area (Å²) < 4.78 is 43.3. The Labute approximate surface area is 132 Å².